The Balaban J connectivity index is 1.74. The van der Waals surface area contributed by atoms with Gasteiger partial charge in [0.05, 0.1) is 12.0 Å². The van der Waals surface area contributed by atoms with Gasteiger partial charge in [0.15, 0.2) is 5.96 Å². The Morgan fingerprint density at radius 2 is 1.22 bits per heavy atom. The summed E-state index contributed by atoms with van der Waals surface area (Å²) in [6.45, 7) is 2.33. The van der Waals surface area contributed by atoms with Crippen LogP contribution in [0, 0.1) is 5.41 Å². The van der Waals surface area contributed by atoms with Gasteiger partial charge in [-0.15, -0.1) is 0 Å². The van der Waals surface area contributed by atoms with Crippen LogP contribution < -0.4 is 16.8 Å². The van der Waals surface area contributed by atoms with Crippen molar-refractivity contribution < 1.29 is 9.59 Å². The van der Waals surface area contributed by atoms with Gasteiger partial charge in [-0.05, 0) is 47.6 Å². The zero-order chi connectivity index (χ0) is 29.2. The summed E-state index contributed by atoms with van der Waals surface area (Å²) in [5, 5.41) is 10.2. The van der Waals surface area contributed by atoms with Crippen molar-refractivity contribution in [2.24, 2.45) is 11.5 Å². The molecule has 2 atom stereocenters. The monoisotopic (exact) mass is 547 g/mol. The van der Waals surface area contributed by atoms with Gasteiger partial charge >= 0.3 is 0 Å². The third kappa shape index (κ3) is 7.39. The molecular weight excluding hydrogens is 510 g/mol. The fraction of sp³-hybridized carbons (Fsp3) is 0.206. The minimum Gasteiger partial charge on any atom is -0.370 e. The van der Waals surface area contributed by atoms with Crippen LogP contribution in [0.15, 0.2) is 115 Å². The molecule has 0 bridgehead atoms. The molecule has 41 heavy (non-hydrogen) atoms. The van der Waals surface area contributed by atoms with Crippen molar-refractivity contribution in [3.05, 3.63) is 132 Å². The first-order chi connectivity index (χ1) is 19.9. The zero-order valence-corrected chi connectivity index (χ0v) is 23.2. The van der Waals surface area contributed by atoms with Crippen LogP contribution in [0.25, 0.3) is 11.1 Å². The molecule has 0 saturated carbocycles. The summed E-state index contributed by atoms with van der Waals surface area (Å²) in [5.41, 5.74) is 16.2. The van der Waals surface area contributed by atoms with Crippen LogP contribution in [0.1, 0.15) is 48.4 Å². The molecule has 0 radical (unpaired) electrons. The van der Waals surface area contributed by atoms with E-state index in [1.807, 2.05) is 110 Å². The summed E-state index contributed by atoms with van der Waals surface area (Å²) in [6.07, 6.45) is 0.821. The zero-order valence-electron chi connectivity index (χ0n) is 23.2. The molecule has 7 nitrogen and oxygen atoms in total. The smallest absolute Gasteiger partial charge is 0.240 e. The van der Waals surface area contributed by atoms with Gasteiger partial charge in [-0.2, -0.15) is 0 Å². The molecule has 0 aliphatic carbocycles. The van der Waals surface area contributed by atoms with E-state index >= 15 is 0 Å². The van der Waals surface area contributed by atoms with Crippen molar-refractivity contribution in [3.63, 3.8) is 0 Å². The van der Waals surface area contributed by atoms with Crippen molar-refractivity contribution >= 4 is 17.8 Å². The van der Waals surface area contributed by atoms with Crippen LogP contribution >= 0.6 is 0 Å². The third-order valence-corrected chi connectivity index (χ3v) is 7.32. The molecule has 4 aromatic carbocycles. The van der Waals surface area contributed by atoms with Gasteiger partial charge in [0.2, 0.25) is 11.8 Å². The number of amides is 2. The van der Waals surface area contributed by atoms with Crippen molar-refractivity contribution in [3.8, 4) is 11.1 Å². The summed E-state index contributed by atoms with van der Waals surface area (Å²) in [6, 6.07) is 36.1. The molecular formula is C34H37N5O2. The van der Waals surface area contributed by atoms with Gasteiger partial charge in [0.25, 0.3) is 0 Å². The second-order valence-corrected chi connectivity index (χ2v) is 10.1. The Morgan fingerprint density at radius 1 is 0.732 bits per heavy atom. The summed E-state index contributed by atoms with van der Waals surface area (Å²) < 4.78 is 0. The summed E-state index contributed by atoms with van der Waals surface area (Å²) in [5.74, 6) is -1.55. The molecule has 0 aromatic heterocycles. The van der Waals surface area contributed by atoms with Crippen molar-refractivity contribution in [1.29, 1.82) is 5.41 Å². The number of guanidine groups is 1. The quantitative estimate of drug-likeness (QED) is 0.111. The average molecular weight is 548 g/mol. The van der Waals surface area contributed by atoms with Crippen molar-refractivity contribution in [2.45, 2.75) is 37.8 Å². The van der Waals surface area contributed by atoms with Gasteiger partial charge in [-0.3, -0.25) is 15.0 Å². The molecule has 0 saturated heterocycles. The van der Waals surface area contributed by atoms with Crippen LogP contribution in [-0.2, 0) is 9.59 Å². The molecule has 0 fully saturated rings. The number of rotatable bonds is 12. The highest BCUT2D eigenvalue weighted by Crippen LogP contribution is 2.34. The van der Waals surface area contributed by atoms with Gasteiger partial charge < -0.3 is 21.7 Å². The molecule has 4 aromatic rings. The fourth-order valence-corrected chi connectivity index (χ4v) is 5.21. The van der Waals surface area contributed by atoms with Crippen LogP contribution in [0.4, 0.5) is 0 Å². The topological polar surface area (TPSA) is 125 Å². The van der Waals surface area contributed by atoms with Gasteiger partial charge in [0, 0.05) is 6.54 Å². The normalized spacial score (nSPS) is 12.3. The highest BCUT2D eigenvalue weighted by Gasteiger charge is 2.37. The van der Waals surface area contributed by atoms with Crippen LogP contribution in [0.5, 0.6) is 0 Å². The Kier molecular flexibility index (Phi) is 9.89. The Bertz CT molecular complexity index is 1390. The SMILES string of the molecule is C[C@H](c1ccc(-c2ccccc2)cc1)N(C(=O)C(c1ccccc1)c1ccccc1)[C@H](CCCNC(=N)N)C(N)=O. The highest BCUT2D eigenvalue weighted by molar-refractivity contribution is 5.92. The summed E-state index contributed by atoms with van der Waals surface area (Å²) in [4.78, 5) is 29.3. The van der Waals surface area contributed by atoms with Gasteiger partial charge in [-0.1, -0.05) is 115 Å². The average Bonchev–Trinajstić information content (AvgIpc) is 3.00. The first-order valence-electron chi connectivity index (χ1n) is 13.8. The molecule has 6 N–H and O–H groups in total. The van der Waals surface area contributed by atoms with E-state index < -0.39 is 23.9 Å². The second kappa shape index (κ2) is 13.9. The van der Waals surface area contributed by atoms with E-state index in [1.54, 1.807) is 4.90 Å². The molecule has 0 aliphatic heterocycles. The largest absolute Gasteiger partial charge is 0.370 e. The van der Waals surface area contributed by atoms with E-state index in [-0.39, 0.29) is 11.9 Å². The highest BCUT2D eigenvalue weighted by atomic mass is 16.2. The number of nitrogens with one attached hydrogen (secondary N) is 2. The van der Waals surface area contributed by atoms with Gasteiger partial charge in [0.1, 0.15) is 6.04 Å². The number of nitrogens with two attached hydrogens (primary N) is 2. The maximum atomic E-state index is 14.7. The maximum absolute atomic E-state index is 14.7. The standard InChI is InChI=1S/C34H37N5O2/c1-24(25-19-21-27(22-20-25)26-12-5-2-6-13-26)39(30(32(35)40)18-11-23-38-34(36)37)33(41)31(28-14-7-3-8-15-28)29-16-9-4-10-17-29/h2-10,12-17,19-22,24,30-31H,11,18,23H2,1H3,(H2,35,40)(H4,36,37,38)/t24-,30-/m1/s1. The predicted octanol–water partition coefficient (Wildman–Crippen LogP) is 5.19. The van der Waals surface area contributed by atoms with E-state index in [0.29, 0.717) is 19.4 Å². The van der Waals surface area contributed by atoms with E-state index in [1.165, 1.54) is 0 Å². The van der Waals surface area contributed by atoms with E-state index in [0.717, 1.165) is 27.8 Å². The Hall–Kier alpha value is -4.91. The van der Waals surface area contributed by atoms with Crippen LogP contribution in [0.2, 0.25) is 0 Å². The second-order valence-electron chi connectivity index (χ2n) is 10.1. The summed E-state index contributed by atoms with van der Waals surface area (Å²) >= 11 is 0. The molecule has 210 valence electrons. The number of carbonyl (C=O) groups excluding carboxylic acids is 2. The van der Waals surface area contributed by atoms with Crippen LogP contribution in [-0.4, -0.2) is 35.3 Å². The minimum absolute atomic E-state index is 0.145. The first-order valence-corrected chi connectivity index (χ1v) is 13.8. The lowest BCUT2D eigenvalue weighted by molar-refractivity contribution is -0.142. The van der Waals surface area contributed by atoms with Crippen molar-refractivity contribution in [1.82, 2.24) is 10.2 Å². The lowest BCUT2D eigenvalue weighted by Crippen LogP contribution is -2.51. The molecule has 0 heterocycles. The third-order valence-electron chi connectivity index (χ3n) is 7.32. The number of primary amides is 1. The van der Waals surface area contributed by atoms with Gasteiger partial charge in [-0.25, -0.2) is 0 Å². The lowest BCUT2D eigenvalue weighted by atomic mass is 9.88. The Morgan fingerprint density at radius 3 is 1.71 bits per heavy atom. The predicted molar refractivity (Wildman–Crippen MR) is 164 cm³/mol. The molecule has 0 spiro atoms. The number of benzene rings is 4. The lowest BCUT2D eigenvalue weighted by Gasteiger charge is -2.38. The molecule has 2 amide bonds. The van der Waals surface area contributed by atoms with Crippen LogP contribution in [0.3, 0.4) is 0 Å². The Labute approximate surface area is 241 Å². The number of hydrogen-bond acceptors (Lipinski definition) is 3. The number of carbonyl (C=O) groups is 2. The fourth-order valence-electron chi connectivity index (χ4n) is 5.21. The number of nitrogens with zero attached hydrogens (tertiary/aromatic N) is 1. The van der Waals surface area contributed by atoms with E-state index in [4.69, 9.17) is 16.9 Å². The number of hydrogen-bond donors (Lipinski definition) is 4. The summed E-state index contributed by atoms with van der Waals surface area (Å²) in [7, 11) is 0. The first kappa shape index (κ1) is 29.1. The maximum Gasteiger partial charge on any atom is 0.240 e. The molecule has 7 heteroatoms. The minimum atomic E-state index is -0.866. The molecule has 0 aliphatic rings. The molecule has 4 rings (SSSR count). The van der Waals surface area contributed by atoms with E-state index in [9.17, 15) is 9.59 Å². The molecule has 0 unspecified atom stereocenters. The van der Waals surface area contributed by atoms with Crippen molar-refractivity contribution in [2.75, 3.05) is 6.54 Å². The van der Waals surface area contributed by atoms with E-state index in [2.05, 4.69) is 17.4 Å².